The van der Waals surface area contributed by atoms with E-state index in [4.69, 9.17) is 9.47 Å². The van der Waals surface area contributed by atoms with E-state index in [1.54, 1.807) is 13.3 Å². The maximum absolute atomic E-state index is 5.73. The first-order chi connectivity index (χ1) is 8.40. The molecule has 3 heteroatoms. The fourth-order valence-corrected chi connectivity index (χ4v) is 1.54. The molecule has 2 aromatic rings. The van der Waals surface area contributed by atoms with Crippen LogP contribution in [0.5, 0.6) is 5.75 Å². The molecule has 0 aliphatic heterocycles. The Bertz CT molecular complexity index is 457. The van der Waals surface area contributed by atoms with Crippen LogP contribution in [0.25, 0.3) is 0 Å². The number of rotatable bonds is 5. The van der Waals surface area contributed by atoms with Crippen LogP contribution in [0.15, 0.2) is 48.7 Å². The van der Waals surface area contributed by atoms with Crippen LogP contribution >= 0.6 is 0 Å². The summed E-state index contributed by atoms with van der Waals surface area (Å²) in [5, 5.41) is 0. The van der Waals surface area contributed by atoms with Crippen molar-refractivity contribution in [1.29, 1.82) is 0 Å². The summed E-state index contributed by atoms with van der Waals surface area (Å²) >= 11 is 0. The molecular formula is C14H15NO2. The highest BCUT2D eigenvalue weighted by molar-refractivity contribution is 5.27. The summed E-state index contributed by atoms with van der Waals surface area (Å²) < 4.78 is 10.8. The number of pyridine rings is 1. The van der Waals surface area contributed by atoms with Crippen molar-refractivity contribution in [2.75, 3.05) is 7.11 Å². The molecule has 0 saturated heterocycles. The summed E-state index contributed by atoms with van der Waals surface area (Å²) in [4.78, 5) is 4.23. The second kappa shape index (κ2) is 6.01. The lowest BCUT2D eigenvalue weighted by molar-refractivity contribution is 0.175. The fraction of sp³-hybridized carbons (Fsp3) is 0.214. The van der Waals surface area contributed by atoms with Crippen LogP contribution in [0.3, 0.4) is 0 Å². The van der Waals surface area contributed by atoms with Crippen LogP contribution in [-0.4, -0.2) is 12.1 Å². The number of benzene rings is 1. The van der Waals surface area contributed by atoms with Gasteiger partial charge in [0.1, 0.15) is 18.1 Å². The smallest absolute Gasteiger partial charge is 0.143 e. The summed E-state index contributed by atoms with van der Waals surface area (Å²) in [6, 6.07) is 13.8. The zero-order valence-electron chi connectivity index (χ0n) is 9.80. The van der Waals surface area contributed by atoms with E-state index < -0.39 is 0 Å². The molecule has 1 aromatic heterocycles. The average molecular weight is 229 g/mol. The Balaban J connectivity index is 2.03. The topological polar surface area (TPSA) is 31.4 Å². The molecule has 0 aliphatic carbocycles. The normalized spacial score (nSPS) is 10.2. The van der Waals surface area contributed by atoms with Crippen LogP contribution in [0.1, 0.15) is 11.3 Å². The van der Waals surface area contributed by atoms with Crippen LogP contribution in [0.2, 0.25) is 0 Å². The third-order valence-corrected chi connectivity index (χ3v) is 2.37. The first kappa shape index (κ1) is 11.6. The van der Waals surface area contributed by atoms with E-state index in [2.05, 4.69) is 4.98 Å². The number of methoxy groups -OCH3 is 1. The van der Waals surface area contributed by atoms with Gasteiger partial charge in [-0.15, -0.1) is 0 Å². The standard InChI is InChI=1S/C14H15NO2/c1-16-11-13-14(8-5-9-15-13)17-10-12-6-3-2-4-7-12/h2-9H,10-11H2,1H3. The Labute approximate surface area is 101 Å². The van der Waals surface area contributed by atoms with Crippen LogP contribution in [-0.2, 0) is 18.0 Å². The largest absolute Gasteiger partial charge is 0.487 e. The van der Waals surface area contributed by atoms with Crippen molar-refractivity contribution in [3.05, 3.63) is 59.9 Å². The molecular weight excluding hydrogens is 214 g/mol. The maximum atomic E-state index is 5.73. The zero-order valence-corrected chi connectivity index (χ0v) is 9.80. The van der Waals surface area contributed by atoms with Gasteiger partial charge in [-0.3, -0.25) is 4.98 Å². The van der Waals surface area contributed by atoms with Crippen molar-refractivity contribution < 1.29 is 9.47 Å². The molecule has 0 spiro atoms. The Morgan fingerprint density at radius 1 is 1.00 bits per heavy atom. The average Bonchev–Trinajstić information content (AvgIpc) is 2.39. The molecule has 0 N–H and O–H groups in total. The molecule has 1 aromatic carbocycles. The molecule has 88 valence electrons. The molecule has 0 bridgehead atoms. The van der Waals surface area contributed by atoms with Crippen LogP contribution in [0, 0.1) is 0 Å². The summed E-state index contributed by atoms with van der Waals surface area (Å²) in [5.41, 5.74) is 1.96. The van der Waals surface area contributed by atoms with E-state index >= 15 is 0 Å². The summed E-state index contributed by atoms with van der Waals surface area (Å²) in [6.07, 6.45) is 1.74. The van der Waals surface area contributed by atoms with Crippen molar-refractivity contribution in [1.82, 2.24) is 4.98 Å². The van der Waals surface area contributed by atoms with Gasteiger partial charge in [0.2, 0.25) is 0 Å². The molecule has 0 aliphatic rings. The number of hydrogen-bond donors (Lipinski definition) is 0. The molecule has 3 nitrogen and oxygen atoms in total. The van der Waals surface area contributed by atoms with Crippen LogP contribution in [0.4, 0.5) is 0 Å². The highest BCUT2D eigenvalue weighted by atomic mass is 16.5. The van der Waals surface area contributed by atoms with Gasteiger partial charge >= 0.3 is 0 Å². The molecule has 2 rings (SSSR count). The molecule has 17 heavy (non-hydrogen) atoms. The SMILES string of the molecule is COCc1ncccc1OCc1ccccc1. The predicted octanol–water partition coefficient (Wildman–Crippen LogP) is 2.81. The molecule has 0 unspecified atom stereocenters. The first-order valence-corrected chi connectivity index (χ1v) is 5.49. The van der Waals surface area contributed by atoms with Gasteiger partial charge in [0.15, 0.2) is 0 Å². The van der Waals surface area contributed by atoms with E-state index in [1.807, 2.05) is 42.5 Å². The van der Waals surface area contributed by atoms with Crippen molar-refractivity contribution in [3.8, 4) is 5.75 Å². The van der Waals surface area contributed by atoms with Gasteiger partial charge in [0, 0.05) is 13.3 Å². The summed E-state index contributed by atoms with van der Waals surface area (Å²) in [5.74, 6) is 0.776. The monoisotopic (exact) mass is 229 g/mol. The van der Waals surface area contributed by atoms with Crippen molar-refractivity contribution in [3.63, 3.8) is 0 Å². The van der Waals surface area contributed by atoms with Crippen molar-refractivity contribution in [2.45, 2.75) is 13.2 Å². The minimum atomic E-state index is 0.463. The highest BCUT2D eigenvalue weighted by Gasteiger charge is 2.04. The van der Waals surface area contributed by atoms with Gasteiger partial charge < -0.3 is 9.47 Å². The van der Waals surface area contributed by atoms with Gasteiger partial charge in [0.25, 0.3) is 0 Å². The Morgan fingerprint density at radius 2 is 1.82 bits per heavy atom. The Morgan fingerprint density at radius 3 is 2.59 bits per heavy atom. The molecule has 0 fully saturated rings. The second-order valence-corrected chi connectivity index (χ2v) is 3.66. The summed E-state index contributed by atoms with van der Waals surface area (Å²) in [6.45, 7) is 1.01. The third-order valence-electron chi connectivity index (χ3n) is 2.37. The van der Waals surface area contributed by atoms with Gasteiger partial charge in [-0.1, -0.05) is 30.3 Å². The number of aromatic nitrogens is 1. The maximum Gasteiger partial charge on any atom is 0.143 e. The molecule has 1 heterocycles. The van der Waals surface area contributed by atoms with E-state index in [1.165, 1.54) is 0 Å². The van der Waals surface area contributed by atoms with Gasteiger partial charge in [-0.2, -0.15) is 0 Å². The first-order valence-electron chi connectivity index (χ1n) is 5.49. The van der Waals surface area contributed by atoms with E-state index in [0.29, 0.717) is 13.2 Å². The lowest BCUT2D eigenvalue weighted by atomic mass is 10.2. The fourth-order valence-electron chi connectivity index (χ4n) is 1.54. The molecule has 0 saturated carbocycles. The van der Waals surface area contributed by atoms with Gasteiger partial charge in [-0.05, 0) is 17.7 Å². The minimum absolute atomic E-state index is 0.463. The lowest BCUT2D eigenvalue weighted by Gasteiger charge is -2.09. The minimum Gasteiger partial charge on any atom is -0.487 e. The number of nitrogens with zero attached hydrogens (tertiary/aromatic N) is 1. The van der Waals surface area contributed by atoms with Crippen LogP contribution < -0.4 is 4.74 Å². The Kier molecular flexibility index (Phi) is 4.11. The predicted molar refractivity (Wildman–Crippen MR) is 65.7 cm³/mol. The van der Waals surface area contributed by atoms with E-state index in [-0.39, 0.29) is 0 Å². The van der Waals surface area contributed by atoms with Crippen molar-refractivity contribution >= 4 is 0 Å². The molecule has 0 radical (unpaired) electrons. The van der Waals surface area contributed by atoms with E-state index in [0.717, 1.165) is 17.0 Å². The second-order valence-electron chi connectivity index (χ2n) is 3.66. The van der Waals surface area contributed by atoms with Crippen molar-refractivity contribution in [2.24, 2.45) is 0 Å². The lowest BCUT2D eigenvalue weighted by Crippen LogP contribution is -2.01. The zero-order chi connectivity index (χ0) is 11.9. The van der Waals surface area contributed by atoms with Gasteiger partial charge in [-0.25, -0.2) is 0 Å². The van der Waals surface area contributed by atoms with E-state index in [9.17, 15) is 0 Å². The third kappa shape index (κ3) is 3.29. The van der Waals surface area contributed by atoms with Gasteiger partial charge in [0.05, 0.1) is 6.61 Å². The highest BCUT2D eigenvalue weighted by Crippen LogP contribution is 2.17. The number of ether oxygens (including phenoxy) is 2. The molecule has 0 atom stereocenters. The summed E-state index contributed by atoms with van der Waals surface area (Å²) in [7, 11) is 1.65. The Hall–Kier alpha value is -1.87. The molecule has 0 amide bonds. The number of hydrogen-bond acceptors (Lipinski definition) is 3. The quantitative estimate of drug-likeness (QED) is 0.790.